The molecule has 122 valence electrons. The molecule has 0 radical (unpaired) electrons. The van der Waals surface area contributed by atoms with Crippen molar-refractivity contribution >= 4 is 13.3 Å². The fourth-order valence-electron chi connectivity index (χ4n) is 2.16. The van der Waals surface area contributed by atoms with Crippen molar-refractivity contribution in [3.63, 3.8) is 0 Å². The molecule has 1 aliphatic rings. The molecule has 1 aromatic rings. The van der Waals surface area contributed by atoms with Gasteiger partial charge in [-0.25, -0.2) is 0 Å². The molecule has 2 rings (SSSR count). The molecule has 0 spiro atoms. The van der Waals surface area contributed by atoms with Crippen molar-refractivity contribution < 1.29 is 9.05 Å². The standard InChI is InChI=1S/C17H27N2O2P/c1-16(2,3)15-13-19(17(4,5)6)22(20-7,21-15)18-14-11-9-8-10-12-14/h8-13H,1-7H3. The summed E-state index contributed by atoms with van der Waals surface area (Å²) in [6.45, 7) is 12.8. The summed E-state index contributed by atoms with van der Waals surface area (Å²) in [6, 6.07) is 9.87. The second-order valence-corrected chi connectivity index (χ2v) is 9.62. The average Bonchev–Trinajstić information content (AvgIpc) is 2.80. The first-order valence-electron chi connectivity index (χ1n) is 7.53. The Bertz CT molecular complexity index is 610. The highest BCUT2D eigenvalue weighted by atomic mass is 31.2. The lowest BCUT2D eigenvalue weighted by atomic mass is 9.94. The zero-order chi connectivity index (χ0) is 16.6. The first-order valence-corrected chi connectivity index (χ1v) is 9.06. The lowest BCUT2D eigenvalue weighted by molar-refractivity contribution is 0.241. The zero-order valence-electron chi connectivity index (χ0n) is 14.6. The molecule has 0 aliphatic carbocycles. The van der Waals surface area contributed by atoms with E-state index in [0.29, 0.717) is 0 Å². The molecule has 0 fully saturated rings. The summed E-state index contributed by atoms with van der Waals surface area (Å²) in [4.78, 5) is 0. The molecule has 1 aliphatic heterocycles. The van der Waals surface area contributed by atoms with Crippen LogP contribution in [0.5, 0.6) is 0 Å². The van der Waals surface area contributed by atoms with Gasteiger partial charge in [0, 0.05) is 24.3 Å². The molecule has 1 atom stereocenters. The molecule has 0 saturated heterocycles. The predicted octanol–water partition coefficient (Wildman–Crippen LogP) is 5.93. The van der Waals surface area contributed by atoms with Crippen molar-refractivity contribution in [1.82, 2.24) is 4.67 Å². The Morgan fingerprint density at radius 1 is 1.05 bits per heavy atom. The second-order valence-electron chi connectivity index (χ2n) is 7.46. The fourth-order valence-corrected chi connectivity index (χ4v) is 4.73. The number of benzene rings is 1. The maximum absolute atomic E-state index is 6.31. The molecule has 22 heavy (non-hydrogen) atoms. The Morgan fingerprint density at radius 2 is 1.64 bits per heavy atom. The van der Waals surface area contributed by atoms with Crippen molar-refractivity contribution in [2.45, 2.75) is 47.1 Å². The van der Waals surface area contributed by atoms with Gasteiger partial charge in [-0.05, 0) is 32.9 Å². The quantitative estimate of drug-likeness (QED) is 0.633. The number of hydrogen-bond acceptors (Lipinski definition) is 3. The topological polar surface area (TPSA) is 34.1 Å². The van der Waals surface area contributed by atoms with E-state index in [4.69, 9.17) is 13.8 Å². The number of nitrogens with zero attached hydrogens (tertiary/aromatic N) is 2. The molecule has 4 nitrogen and oxygen atoms in total. The largest absolute Gasteiger partial charge is 0.425 e. The minimum absolute atomic E-state index is 0.0873. The molecule has 0 bridgehead atoms. The third kappa shape index (κ3) is 3.39. The first kappa shape index (κ1) is 17.1. The summed E-state index contributed by atoms with van der Waals surface area (Å²) in [5, 5.41) is 0. The summed E-state index contributed by atoms with van der Waals surface area (Å²) in [5.74, 6) is 0.914. The van der Waals surface area contributed by atoms with E-state index in [1.165, 1.54) is 0 Å². The van der Waals surface area contributed by atoms with Gasteiger partial charge in [-0.2, -0.15) is 4.74 Å². The van der Waals surface area contributed by atoms with Crippen LogP contribution in [0.15, 0.2) is 47.0 Å². The van der Waals surface area contributed by atoms with E-state index in [1.54, 1.807) is 7.11 Å². The normalized spacial score (nSPS) is 22.3. The predicted molar refractivity (Wildman–Crippen MR) is 92.7 cm³/mol. The number of hydrogen-bond donors (Lipinski definition) is 0. The van der Waals surface area contributed by atoms with E-state index in [-0.39, 0.29) is 11.0 Å². The Morgan fingerprint density at radius 3 is 2.09 bits per heavy atom. The lowest BCUT2D eigenvalue weighted by Gasteiger charge is -2.37. The van der Waals surface area contributed by atoms with Gasteiger partial charge in [-0.15, -0.1) is 0 Å². The molecule has 1 heterocycles. The van der Waals surface area contributed by atoms with E-state index in [2.05, 4.69) is 52.4 Å². The van der Waals surface area contributed by atoms with Crippen LogP contribution < -0.4 is 0 Å². The van der Waals surface area contributed by atoms with Gasteiger partial charge in [-0.1, -0.05) is 39.0 Å². The van der Waals surface area contributed by atoms with Crippen molar-refractivity contribution in [1.29, 1.82) is 0 Å². The van der Waals surface area contributed by atoms with Gasteiger partial charge in [0.2, 0.25) is 0 Å². The van der Waals surface area contributed by atoms with Crippen molar-refractivity contribution in [3.05, 3.63) is 42.3 Å². The average molecular weight is 322 g/mol. The minimum Gasteiger partial charge on any atom is -0.425 e. The third-order valence-electron chi connectivity index (χ3n) is 3.39. The fraction of sp³-hybridized carbons (Fsp3) is 0.529. The maximum atomic E-state index is 6.31. The van der Waals surface area contributed by atoms with Crippen LogP contribution >= 0.6 is 7.66 Å². The highest BCUT2D eigenvalue weighted by Crippen LogP contribution is 2.66. The monoisotopic (exact) mass is 322 g/mol. The van der Waals surface area contributed by atoms with Crippen molar-refractivity contribution in [3.8, 4) is 0 Å². The molecule has 0 saturated carbocycles. The Labute approximate surface area is 134 Å². The molecule has 1 unspecified atom stereocenters. The van der Waals surface area contributed by atoms with E-state index in [9.17, 15) is 0 Å². The SMILES string of the molecule is COP1(=Nc2ccccc2)OC(C(C)(C)C)=CN1C(C)(C)C. The summed E-state index contributed by atoms with van der Waals surface area (Å²) in [7, 11) is -0.889. The van der Waals surface area contributed by atoms with Gasteiger partial charge in [0.25, 0.3) is 0 Å². The summed E-state index contributed by atoms with van der Waals surface area (Å²) >= 11 is 0. The van der Waals surface area contributed by atoms with Gasteiger partial charge in [0.1, 0.15) is 5.76 Å². The van der Waals surface area contributed by atoms with Crippen LogP contribution in [0.1, 0.15) is 41.5 Å². The van der Waals surface area contributed by atoms with Crippen molar-refractivity contribution in [2.24, 2.45) is 10.2 Å². The molecular weight excluding hydrogens is 295 g/mol. The highest BCUT2D eigenvalue weighted by molar-refractivity contribution is 7.54. The van der Waals surface area contributed by atoms with Gasteiger partial charge in [0.05, 0.1) is 5.69 Å². The van der Waals surface area contributed by atoms with Crippen LogP contribution in [0, 0.1) is 5.41 Å². The minimum atomic E-state index is -2.57. The first-order chi connectivity index (χ1) is 10.1. The van der Waals surface area contributed by atoms with Crippen LogP contribution in [-0.4, -0.2) is 17.3 Å². The lowest BCUT2D eigenvalue weighted by Crippen LogP contribution is -2.33. The van der Waals surface area contributed by atoms with E-state index < -0.39 is 7.66 Å². The molecule has 0 amide bonds. The van der Waals surface area contributed by atoms with Gasteiger partial charge < -0.3 is 9.05 Å². The molecule has 0 aromatic heterocycles. The van der Waals surface area contributed by atoms with Crippen LogP contribution in [0.2, 0.25) is 0 Å². The van der Waals surface area contributed by atoms with E-state index >= 15 is 0 Å². The second kappa shape index (κ2) is 5.75. The summed E-state index contributed by atoms with van der Waals surface area (Å²) in [6.07, 6.45) is 2.07. The van der Waals surface area contributed by atoms with Gasteiger partial charge in [0.15, 0.2) is 0 Å². The Hall–Kier alpha value is -1.25. The summed E-state index contributed by atoms with van der Waals surface area (Å²) < 4.78 is 19.2. The van der Waals surface area contributed by atoms with Gasteiger partial charge in [-0.3, -0.25) is 4.67 Å². The molecular formula is C17H27N2O2P. The van der Waals surface area contributed by atoms with Crippen LogP contribution in [0.25, 0.3) is 0 Å². The molecule has 1 aromatic carbocycles. The maximum Gasteiger partial charge on any atom is 0.375 e. The molecule has 5 heteroatoms. The van der Waals surface area contributed by atoms with Crippen LogP contribution in [-0.2, 0) is 9.05 Å². The van der Waals surface area contributed by atoms with Crippen molar-refractivity contribution in [2.75, 3.05) is 7.11 Å². The van der Waals surface area contributed by atoms with Gasteiger partial charge >= 0.3 is 7.66 Å². The summed E-state index contributed by atoms with van der Waals surface area (Å²) in [5.41, 5.74) is 0.640. The van der Waals surface area contributed by atoms with E-state index in [1.807, 2.05) is 30.3 Å². The van der Waals surface area contributed by atoms with E-state index in [0.717, 1.165) is 11.4 Å². The number of allylic oxidation sites excluding steroid dienone is 1. The zero-order valence-corrected chi connectivity index (χ0v) is 15.5. The highest BCUT2D eigenvalue weighted by Gasteiger charge is 2.45. The van der Waals surface area contributed by atoms with Crippen LogP contribution in [0.3, 0.4) is 0 Å². The molecule has 0 N–H and O–H groups in total. The Kier molecular flexibility index (Phi) is 4.47. The number of rotatable bonds is 2. The third-order valence-corrected chi connectivity index (χ3v) is 6.05. The smallest absolute Gasteiger partial charge is 0.375 e. The van der Waals surface area contributed by atoms with Crippen LogP contribution in [0.4, 0.5) is 5.69 Å². The Balaban J connectivity index is 2.57.